The molecule has 0 aliphatic carbocycles. The summed E-state index contributed by atoms with van der Waals surface area (Å²) in [4.78, 5) is 0. The van der Waals surface area contributed by atoms with E-state index >= 15 is 0 Å². The first-order chi connectivity index (χ1) is 10.8. The van der Waals surface area contributed by atoms with E-state index in [9.17, 15) is 5.11 Å². The van der Waals surface area contributed by atoms with E-state index in [1.807, 2.05) is 78.9 Å². The van der Waals surface area contributed by atoms with E-state index in [1.165, 1.54) is 5.56 Å². The Bertz CT molecular complexity index is 758. The third-order valence-corrected chi connectivity index (χ3v) is 3.64. The van der Waals surface area contributed by atoms with E-state index in [0.29, 0.717) is 5.75 Å². The van der Waals surface area contributed by atoms with E-state index in [0.717, 1.165) is 23.1 Å². The van der Waals surface area contributed by atoms with Gasteiger partial charge in [0, 0.05) is 12.0 Å². The van der Waals surface area contributed by atoms with E-state index in [-0.39, 0.29) is 0 Å². The molecule has 0 atom stereocenters. The molecule has 3 aromatic rings. The van der Waals surface area contributed by atoms with Crippen molar-refractivity contribution < 1.29 is 5.11 Å². The Morgan fingerprint density at radius 1 is 0.682 bits per heavy atom. The number of aromatic hydroxyl groups is 1. The molecule has 0 heterocycles. The van der Waals surface area contributed by atoms with Gasteiger partial charge in [0.1, 0.15) is 5.75 Å². The molecule has 3 rings (SSSR count). The van der Waals surface area contributed by atoms with Gasteiger partial charge in [-0.3, -0.25) is 0 Å². The van der Waals surface area contributed by atoms with Gasteiger partial charge in [0.2, 0.25) is 0 Å². The minimum Gasteiger partial charge on any atom is -0.507 e. The van der Waals surface area contributed by atoms with Crippen molar-refractivity contribution in [2.45, 2.75) is 6.42 Å². The predicted octanol–water partition coefficient (Wildman–Crippen LogP) is 5.15. The number of hydrogen-bond acceptors (Lipinski definition) is 1. The molecule has 3 aromatic carbocycles. The molecule has 0 fully saturated rings. The summed E-state index contributed by atoms with van der Waals surface area (Å²) in [5.74, 6) is 0.360. The maximum atomic E-state index is 10.5. The standard InChI is InChI=1S/C21H18O/c22-21-19(15-14-17-8-3-1-4-9-17)12-7-13-20(21)16-18-10-5-2-6-11-18/h1-15,22H,16H2. The van der Waals surface area contributed by atoms with Crippen LogP contribution in [-0.2, 0) is 6.42 Å². The van der Waals surface area contributed by atoms with Crippen LogP contribution in [0.2, 0.25) is 0 Å². The summed E-state index contributed by atoms with van der Waals surface area (Å²) < 4.78 is 0. The first-order valence-corrected chi connectivity index (χ1v) is 7.41. The molecule has 0 unspecified atom stereocenters. The highest BCUT2D eigenvalue weighted by Gasteiger charge is 2.05. The lowest BCUT2D eigenvalue weighted by molar-refractivity contribution is 0.468. The SMILES string of the molecule is Oc1c(C=Cc2ccccc2)cccc1Cc1ccccc1. The third-order valence-electron chi connectivity index (χ3n) is 3.64. The van der Waals surface area contributed by atoms with Crippen molar-refractivity contribution in [3.05, 3.63) is 101 Å². The van der Waals surface area contributed by atoms with Crippen LogP contribution in [0.5, 0.6) is 5.75 Å². The maximum Gasteiger partial charge on any atom is 0.126 e. The predicted molar refractivity (Wildman–Crippen MR) is 92.7 cm³/mol. The molecule has 0 aromatic heterocycles. The van der Waals surface area contributed by atoms with Gasteiger partial charge in [0.15, 0.2) is 0 Å². The Hall–Kier alpha value is -2.80. The van der Waals surface area contributed by atoms with Gasteiger partial charge in [-0.2, -0.15) is 0 Å². The molecule has 0 bridgehead atoms. The fraction of sp³-hybridized carbons (Fsp3) is 0.0476. The number of para-hydroxylation sites is 1. The molecule has 0 aliphatic heterocycles. The number of phenols is 1. The number of rotatable bonds is 4. The quantitative estimate of drug-likeness (QED) is 0.657. The minimum atomic E-state index is 0.360. The van der Waals surface area contributed by atoms with Crippen molar-refractivity contribution in [3.8, 4) is 5.75 Å². The second-order valence-corrected chi connectivity index (χ2v) is 5.26. The normalized spacial score (nSPS) is 10.9. The minimum absolute atomic E-state index is 0.360. The van der Waals surface area contributed by atoms with Crippen LogP contribution in [0.15, 0.2) is 78.9 Å². The van der Waals surface area contributed by atoms with Gasteiger partial charge in [-0.15, -0.1) is 0 Å². The van der Waals surface area contributed by atoms with E-state index in [4.69, 9.17) is 0 Å². The highest BCUT2D eigenvalue weighted by Crippen LogP contribution is 2.26. The molecule has 0 spiro atoms. The molecular weight excluding hydrogens is 268 g/mol. The topological polar surface area (TPSA) is 20.2 Å². The first-order valence-electron chi connectivity index (χ1n) is 7.41. The molecule has 0 saturated heterocycles. The van der Waals surface area contributed by atoms with Crippen LogP contribution in [-0.4, -0.2) is 5.11 Å². The summed E-state index contributed by atoms with van der Waals surface area (Å²) in [7, 11) is 0. The summed E-state index contributed by atoms with van der Waals surface area (Å²) >= 11 is 0. The van der Waals surface area contributed by atoms with Crippen LogP contribution in [0.4, 0.5) is 0 Å². The van der Waals surface area contributed by atoms with Gasteiger partial charge < -0.3 is 5.11 Å². The second kappa shape index (κ2) is 6.77. The lowest BCUT2D eigenvalue weighted by Gasteiger charge is -2.07. The van der Waals surface area contributed by atoms with E-state index in [2.05, 4.69) is 12.1 Å². The fourth-order valence-electron chi connectivity index (χ4n) is 2.45. The van der Waals surface area contributed by atoms with Gasteiger partial charge in [-0.25, -0.2) is 0 Å². The molecule has 1 nitrogen and oxygen atoms in total. The van der Waals surface area contributed by atoms with Gasteiger partial charge in [-0.05, 0) is 16.7 Å². The van der Waals surface area contributed by atoms with Crippen molar-refractivity contribution in [1.29, 1.82) is 0 Å². The van der Waals surface area contributed by atoms with Gasteiger partial charge >= 0.3 is 0 Å². The van der Waals surface area contributed by atoms with Gasteiger partial charge in [-0.1, -0.05) is 91.0 Å². The number of benzene rings is 3. The summed E-state index contributed by atoms with van der Waals surface area (Å²) in [5.41, 5.74) is 4.11. The molecule has 1 N–H and O–H groups in total. The maximum absolute atomic E-state index is 10.5. The van der Waals surface area contributed by atoms with E-state index in [1.54, 1.807) is 0 Å². The number of hydrogen-bond donors (Lipinski definition) is 1. The average molecular weight is 286 g/mol. The zero-order valence-corrected chi connectivity index (χ0v) is 12.3. The Balaban J connectivity index is 1.84. The van der Waals surface area contributed by atoms with Crippen LogP contribution in [0.1, 0.15) is 22.3 Å². The Morgan fingerprint density at radius 2 is 1.36 bits per heavy atom. The average Bonchev–Trinajstić information content (AvgIpc) is 2.58. The first kappa shape index (κ1) is 14.2. The summed E-state index contributed by atoms with van der Waals surface area (Å²) in [6.07, 6.45) is 4.71. The highest BCUT2D eigenvalue weighted by atomic mass is 16.3. The molecule has 0 amide bonds. The Labute approximate surface area is 131 Å². The van der Waals surface area contributed by atoms with Gasteiger partial charge in [0.05, 0.1) is 0 Å². The monoisotopic (exact) mass is 286 g/mol. The molecular formula is C21H18O. The van der Waals surface area contributed by atoms with E-state index < -0.39 is 0 Å². The summed E-state index contributed by atoms with van der Waals surface area (Å²) in [5, 5.41) is 10.5. The van der Waals surface area contributed by atoms with Crippen LogP contribution >= 0.6 is 0 Å². The molecule has 0 saturated carbocycles. The van der Waals surface area contributed by atoms with Crippen LogP contribution in [0, 0.1) is 0 Å². The van der Waals surface area contributed by atoms with Crippen molar-refractivity contribution in [3.63, 3.8) is 0 Å². The lowest BCUT2D eigenvalue weighted by Crippen LogP contribution is -1.90. The van der Waals surface area contributed by atoms with Crippen molar-refractivity contribution in [2.75, 3.05) is 0 Å². The van der Waals surface area contributed by atoms with Crippen LogP contribution in [0.25, 0.3) is 12.2 Å². The molecule has 1 heteroatoms. The molecule has 0 radical (unpaired) electrons. The largest absolute Gasteiger partial charge is 0.507 e. The van der Waals surface area contributed by atoms with Crippen molar-refractivity contribution >= 4 is 12.2 Å². The zero-order valence-electron chi connectivity index (χ0n) is 12.3. The Morgan fingerprint density at radius 3 is 2.09 bits per heavy atom. The third kappa shape index (κ3) is 3.44. The summed E-state index contributed by atoms with van der Waals surface area (Å²) in [6.45, 7) is 0. The summed E-state index contributed by atoms with van der Waals surface area (Å²) in [6, 6.07) is 26.2. The van der Waals surface area contributed by atoms with Gasteiger partial charge in [0.25, 0.3) is 0 Å². The zero-order chi connectivity index (χ0) is 15.2. The fourth-order valence-corrected chi connectivity index (χ4v) is 2.45. The highest BCUT2D eigenvalue weighted by molar-refractivity contribution is 5.73. The van der Waals surface area contributed by atoms with Crippen molar-refractivity contribution in [2.24, 2.45) is 0 Å². The second-order valence-electron chi connectivity index (χ2n) is 5.26. The Kier molecular flexibility index (Phi) is 4.35. The molecule has 0 aliphatic rings. The van der Waals surface area contributed by atoms with Crippen LogP contribution in [0.3, 0.4) is 0 Å². The smallest absolute Gasteiger partial charge is 0.126 e. The van der Waals surface area contributed by atoms with Crippen molar-refractivity contribution in [1.82, 2.24) is 0 Å². The molecule has 22 heavy (non-hydrogen) atoms. The molecule has 108 valence electrons. The number of phenolic OH excluding ortho intramolecular Hbond substituents is 1. The van der Waals surface area contributed by atoms with Crippen LogP contribution < -0.4 is 0 Å². The lowest BCUT2D eigenvalue weighted by atomic mass is 10.0.